The van der Waals surface area contributed by atoms with Crippen molar-refractivity contribution in [3.05, 3.63) is 0 Å². The monoisotopic (exact) mass is 171 g/mol. The maximum atomic E-state index is 12.5. The summed E-state index contributed by atoms with van der Waals surface area (Å²) in [7, 11) is 0. The van der Waals surface area contributed by atoms with Gasteiger partial charge >= 0.3 is 0 Å². The SMILES string of the molecule is CC1(C)C(CN)C1(F)F.Cl. The van der Waals surface area contributed by atoms with Gasteiger partial charge in [0.2, 0.25) is 0 Å². The average Bonchev–Trinajstić information content (AvgIpc) is 2.00. The second-order valence-corrected chi connectivity index (χ2v) is 3.13. The lowest BCUT2D eigenvalue weighted by molar-refractivity contribution is 0.0674. The number of alkyl halides is 2. The molecule has 0 heterocycles. The topological polar surface area (TPSA) is 26.0 Å². The molecule has 2 N–H and O–H groups in total. The second kappa shape index (κ2) is 2.31. The van der Waals surface area contributed by atoms with Gasteiger partial charge in [-0.15, -0.1) is 12.4 Å². The fourth-order valence-corrected chi connectivity index (χ4v) is 1.20. The quantitative estimate of drug-likeness (QED) is 0.638. The van der Waals surface area contributed by atoms with E-state index in [1.165, 1.54) is 0 Å². The van der Waals surface area contributed by atoms with Crippen LogP contribution < -0.4 is 5.73 Å². The summed E-state index contributed by atoms with van der Waals surface area (Å²) in [5.74, 6) is -3.10. The van der Waals surface area contributed by atoms with E-state index in [2.05, 4.69) is 0 Å². The molecule has 0 aromatic heterocycles. The molecule has 0 saturated heterocycles. The molecule has 1 aliphatic carbocycles. The Morgan fingerprint density at radius 1 is 1.40 bits per heavy atom. The third-order valence-electron chi connectivity index (χ3n) is 2.32. The Kier molecular flexibility index (Phi) is 2.33. The van der Waals surface area contributed by atoms with Gasteiger partial charge in [-0.1, -0.05) is 13.8 Å². The predicted octanol–water partition coefficient (Wildman–Crippen LogP) is 1.66. The van der Waals surface area contributed by atoms with Crippen molar-refractivity contribution in [3.8, 4) is 0 Å². The van der Waals surface area contributed by atoms with Gasteiger partial charge in [0.1, 0.15) is 0 Å². The minimum Gasteiger partial charge on any atom is -0.330 e. The summed E-state index contributed by atoms with van der Waals surface area (Å²) in [6.07, 6.45) is 0. The van der Waals surface area contributed by atoms with Crippen molar-refractivity contribution in [1.29, 1.82) is 0 Å². The minimum atomic E-state index is -2.51. The molecule has 1 atom stereocenters. The molecule has 0 aromatic carbocycles. The molecule has 1 saturated carbocycles. The van der Waals surface area contributed by atoms with Crippen molar-refractivity contribution in [2.45, 2.75) is 19.8 Å². The lowest BCUT2D eigenvalue weighted by Gasteiger charge is -1.96. The van der Waals surface area contributed by atoms with Gasteiger partial charge in [0.05, 0.1) is 0 Å². The highest BCUT2D eigenvalue weighted by molar-refractivity contribution is 5.85. The molecule has 0 radical (unpaired) electrons. The van der Waals surface area contributed by atoms with Crippen LogP contribution in [0, 0.1) is 11.3 Å². The predicted molar refractivity (Wildman–Crippen MR) is 38.5 cm³/mol. The summed E-state index contributed by atoms with van der Waals surface area (Å²) in [6, 6.07) is 0. The summed E-state index contributed by atoms with van der Waals surface area (Å²) in [5, 5.41) is 0. The molecule has 62 valence electrons. The summed E-state index contributed by atoms with van der Waals surface area (Å²) >= 11 is 0. The molecule has 1 fully saturated rings. The molecule has 1 aliphatic rings. The van der Waals surface area contributed by atoms with Crippen LogP contribution in [-0.4, -0.2) is 12.5 Å². The van der Waals surface area contributed by atoms with E-state index in [4.69, 9.17) is 5.73 Å². The summed E-state index contributed by atoms with van der Waals surface area (Å²) < 4.78 is 25.0. The van der Waals surface area contributed by atoms with E-state index < -0.39 is 17.3 Å². The van der Waals surface area contributed by atoms with Crippen LogP contribution in [0.5, 0.6) is 0 Å². The number of halogens is 3. The zero-order chi connectivity index (χ0) is 7.28. The fraction of sp³-hybridized carbons (Fsp3) is 1.00. The first-order chi connectivity index (χ1) is 3.94. The van der Waals surface area contributed by atoms with Crippen molar-refractivity contribution in [2.24, 2.45) is 17.1 Å². The van der Waals surface area contributed by atoms with Gasteiger partial charge in [0.25, 0.3) is 5.92 Å². The maximum absolute atomic E-state index is 12.5. The van der Waals surface area contributed by atoms with E-state index >= 15 is 0 Å². The third-order valence-corrected chi connectivity index (χ3v) is 2.32. The summed E-state index contributed by atoms with van der Waals surface area (Å²) in [4.78, 5) is 0. The molecule has 0 bridgehead atoms. The second-order valence-electron chi connectivity index (χ2n) is 3.13. The van der Waals surface area contributed by atoms with Crippen LogP contribution in [0.1, 0.15) is 13.8 Å². The lowest BCUT2D eigenvalue weighted by atomic mass is 10.1. The molecule has 0 aliphatic heterocycles. The molecule has 10 heavy (non-hydrogen) atoms. The highest BCUT2D eigenvalue weighted by Gasteiger charge is 2.73. The smallest absolute Gasteiger partial charge is 0.258 e. The Hall–Kier alpha value is 0.110. The highest BCUT2D eigenvalue weighted by Crippen LogP contribution is 2.64. The molecular formula is C6H12ClF2N. The van der Waals surface area contributed by atoms with E-state index in [0.29, 0.717) is 0 Å². The number of hydrogen-bond donors (Lipinski definition) is 1. The Bertz CT molecular complexity index is 122. The van der Waals surface area contributed by atoms with Gasteiger partial charge in [-0.25, -0.2) is 8.78 Å². The fourth-order valence-electron chi connectivity index (χ4n) is 1.20. The van der Waals surface area contributed by atoms with Crippen molar-refractivity contribution >= 4 is 12.4 Å². The Labute approximate surface area is 65.4 Å². The summed E-state index contributed by atoms with van der Waals surface area (Å²) in [5.41, 5.74) is 4.26. The first-order valence-corrected chi connectivity index (χ1v) is 3.02. The molecule has 4 heteroatoms. The number of rotatable bonds is 1. The van der Waals surface area contributed by atoms with Crippen molar-refractivity contribution < 1.29 is 8.78 Å². The highest BCUT2D eigenvalue weighted by atomic mass is 35.5. The average molecular weight is 172 g/mol. The van der Waals surface area contributed by atoms with Crippen LogP contribution in [0.4, 0.5) is 8.78 Å². The Balaban J connectivity index is 0.000000810. The zero-order valence-corrected chi connectivity index (χ0v) is 6.84. The molecule has 0 aromatic rings. The standard InChI is InChI=1S/C6H11F2N.ClH/c1-5(2)4(3-9)6(5,7)8;/h4H,3,9H2,1-2H3;1H. The largest absolute Gasteiger partial charge is 0.330 e. The van der Waals surface area contributed by atoms with Crippen LogP contribution in [0.2, 0.25) is 0 Å². The van der Waals surface area contributed by atoms with Gasteiger partial charge in [-0.2, -0.15) is 0 Å². The van der Waals surface area contributed by atoms with Gasteiger partial charge in [0.15, 0.2) is 0 Å². The zero-order valence-electron chi connectivity index (χ0n) is 6.03. The van der Waals surface area contributed by atoms with Crippen molar-refractivity contribution in [3.63, 3.8) is 0 Å². The molecule has 1 unspecified atom stereocenters. The first kappa shape index (κ1) is 10.1. The van der Waals surface area contributed by atoms with Crippen molar-refractivity contribution in [1.82, 2.24) is 0 Å². The number of hydrogen-bond acceptors (Lipinski definition) is 1. The van der Waals surface area contributed by atoms with Crippen LogP contribution in [0.15, 0.2) is 0 Å². The van der Waals surface area contributed by atoms with Gasteiger partial charge < -0.3 is 5.73 Å². The van der Waals surface area contributed by atoms with Crippen LogP contribution in [0.25, 0.3) is 0 Å². The van der Waals surface area contributed by atoms with E-state index in [9.17, 15) is 8.78 Å². The normalized spacial score (nSPS) is 32.7. The number of nitrogens with two attached hydrogens (primary N) is 1. The molecular weight excluding hydrogens is 160 g/mol. The molecule has 0 spiro atoms. The molecule has 0 amide bonds. The lowest BCUT2D eigenvalue weighted by Crippen LogP contribution is -2.06. The van der Waals surface area contributed by atoms with Gasteiger partial charge in [-0.3, -0.25) is 0 Å². The Morgan fingerprint density at radius 2 is 1.70 bits per heavy atom. The van der Waals surface area contributed by atoms with E-state index in [1.54, 1.807) is 13.8 Å². The Morgan fingerprint density at radius 3 is 1.70 bits per heavy atom. The molecule has 1 nitrogen and oxygen atoms in total. The minimum absolute atomic E-state index is 0. The van der Waals surface area contributed by atoms with Gasteiger partial charge in [0, 0.05) is 17.9 Å². The van der Waals surface area contributed by atoms with Gasteiger partial charge in [-0.05, 0) is 0 Å². The maximum Gasteiger partial charge on any atom is 0.258 e. The third kappa shape index (κ3) is 0.920. The van der Waals surface area contributed by atoms with Crippen LogP contribution in [-0.2, 0) is 0 Å². The summed E-state index contributed by atoms with van der Waals surface area (Å²) in [6.45, 7) is 3.19. The van der Waals surface area contributed by atoms with E-state index in [-0.39, 0.29) is 19.0 Å². The van der Waals surface area contributed by atoms with Crippen LogP contribution in [0.3, 0.4) is 0 Å². The van der Waals surface area contributed by atoms with E-state index in [1.807, 2.05) is 0 Å². The van der Waals surface area contributed by atoms with Crippen LogP contribution >= 0.6 is 12.4 Å². The van der Waals surface area contributed by atoms with Crippen molar-refractivity contribution in [2.75, 3.05) is 6.54 Å². The molecule has 1 rings (SSSR count). The van der Waals surface area contributed by atoms with E-state index in [0.717, 1.165) is 0 Å². The first-order valence-electron chi connectivity index (χ1n) is 3.02.